The SMILES string of the molecule is CC(CNCc1ncccc1OC(=O)N(Cc1ccccc1)c1cccs1)C1CCCCC1. The number of rotatable bonds is 9. The molecule has 1 atom stereocenters. The molecule has 6 heteroatoms. The van der Waals surface area contributed by atoms with Gasteiger partial charge in [-0.1, -0.05) is 69.4 Å². The van der Waals surface area contributed by atoms with Crippen LogP contribution in [0.3, 0.4) is 0 Å². The van der Waals surface area contributed by atoms with Crippen molar-refractivity contribution in [3.8, 4) is 5.75 Å². The Morgan fingerprint density at radius 3 is 2.70 bits per heavy atom. The van der Waals surface area contributed by atoms with Gasteiger partial charge in [0.15, 0.2) is 5.75 Å². The van der Waals surface area contributed by atoms with Gasteiger partial charge in [-0.3, -0.25) is 9.88 Å². The Bertz CT molecular complexity index is 988. The summed E-state index contributed by atoms with van der Waals surface area (Å²) in [5.41, 5.74) is 1.81. The molecular formula is C27H33N3O2S. The van der Waals surface area contributed by atoms with E-state index in [1.54, 1.807) is 11.1 Å². The fourth-order valence-corrected chi connectivity index (χ4v) is 5.23. The van der Waals surface area contributed by atoms with Crippen molar-refractivity contribution in [1.29, 1.82) is 0 Å². The van der Waals surface area contributed by atoms with Gasteiger partial charge in [0.25, 0.3) is 0 Å². The first-order chi connectivity index (χ1) is 16.2. The van der Waals surface area contributed by atoms with E-state index in [4.69, 9.17) is 4.74 Å². The summed E-state index contributed by atoms with van der Waals surface area (Å²) in [7, 11) is 0. The number of amides is 1. The number of carbonyl (C=O) groups excluding carboxylic acids is 1. The number of hydrogen-bond donors (Lipinski definition) is 1. The predicted octanol–water partition coefficient (Wildman–Crippen LogP) is 6.65. The minimum atomic E-state index is -0.397. The Hall–Kier alpha value is -2.70. The topological polar surface area (TPSA) is 54.5 Å². The summed E-state index contributed by atoms with van der Waals surface area (Å²) < 4.78 is 5.87. The number of nitrogens with one attached hydrogen (secondary N) is 1. The molecule has 1 saturated carbocycles. The van der Waals surface area contributed by atoms with E-state index >= 15 is 0 Å². The molecule has 0 saturated heterocycles. The van der Waals surface area contributed by atoms with Gasteiger partial charge >= 0.3 is 6.09 Å². The minimum absolute atomic E-state index is 0.397. The average molecular weight is 464 g/mol. The van der Waals surface area contributed by atoms with Crippen LogP contribution in [0.5, 0.6) is 5.75 Å². The van der Waals surface area contributed by atoms with Gasteiger partial charge < -0.3 is 10.1 Å². The van der Waals surface area contributed by atoms with Gasteiger partial charge in [0.05, 0.1) is 12.2 Å². The zero-order valence-corrected chi connectivity index (χ0v) is 20.1. The summed E-state index contributed by atoms with van der Waals surface area (Å²) >= 11 is 1.52. The molecule has 1 N–H and O–H groups in total. The molecule has 2 aromatic heterocycles. The number of carbonyl (C=O) groups is 1. The third-order valence-electron chi connectivity index (χ3n) is 6.44. The van der Waals surface area contributed by atoms with Crippen molar-refractivity contribution in [3.05, 3.63) is 77.4 Å². The Morgan fingerprint density at radius 1 is 1.12 bits per heavy atom. The molecule has 0 spiro atoms. The van der Waals surface area contributed by atoms with Crippen molar-refractivity contribution in [2.75, 3.05) is 11.4 Å². The minimum Gasteiger partial charge on any atom is -0.408 e. The lowest BCUT2D eigenvalue weighted by Gasteiger charge is -2.27. The van der Waals surface area contributed by atoms with Gasteiger partial charge in [-0.25, -0.2) is 4.79 Å². The van der Waals surface area contributed by atoms with Crippen molar-refractivity contribution in [2.45, 2.75) is 52.1 Å². The molecule has 1 amide bonds. The smallest absolute Gasteiger partial charge is 0.408 e. The van der Waals surface area contributed by atoms with Crippen molar-refractivity contribution >= 4 is 22.4 Å². The highest BCUT2D eigenvalue weighted by Crippen LogP contribution is 2.30. The number of thiophene rings is 1. The van der Waals surface area contributed by atoms with E-state index in [0.717, 1.165) is 28.7 Å². The summed E-state index contributed by atoms with van der Waals surface area (Å²) in [6.07, 6.45) is 8.14. The van der Waals surface area contributed by atoms with Crippen LogP contribution in [-0.2, 0) is 13.1 Å². The van der Waals surface area contributed by atoms with Crippen molar-refractivity contribution in [2.24, 2.45) is 11.8 Å². The van der Waals surface area contributed by atoms with Crippen molar-refractivity contribution in [3.63, 3.8) is 0 Å². The largest absolute Gasteiger partial charge is 0.420 e. The monoisotopic (exact) mass is 463 g/mol. The van der Waals surface area contributed by atoms with Gasteiger partial charge in [-0.15, -0.1) is 11.3 Å². The summed E-state index contributed by atoms with van der Waals surface area (Å²) in [5, 5.41) is 6.36. The van der Waals surface area contributed by atoms with E-state index < -0.39 is 6.09 Å². The van der Waals surface area contributed by atoms with E-state index in [0.29, 0.717) is 24.8 Å². The highest BCUT2D eigenvalue weighted by Gasteiger charge is 2.22. The van der Waals surface area contributed by atoms with E-state index in [2.05, 4.69) is 17.2 Å². The first-order valence-corrected chi connectivity index (χ1v) is 12.8. The molecule has 4 rings (SSSR count). The van der Waals surface area contributed by atoms with Gasteiger partial charge in [0.1, 0.15) is 5.00 Å². The molecule has 2 heterocycles. The molecular weight excluding hydrogens is 430 g/mol. The zero-order valence-electron chi connectivity index (χ0n) is 19.3. The molecule has 174 valence electrons. The average Bonchev–Trinajstić information content (AvgIpc) is 3.39. The highest BCUT2D eigenvalue weighted by atomic mass is 32.1. The van der Waals surface area contributed by atoms with Crippen LogP contribution < -0.4 is 15.0 Å². The maximum absolute atomic E-state index is 13.2. The predicted molar refractivity (Wildman–Crippen MR) is 135 cm³/mol. The number of hydrogen-bond acceptors (Lipinski definition) is 5. The molecule has 3 aromatic rings. The molecule has 1 unspecified atom stereocenters. The standard InChI is InChI=1S/C27H33N3O2S/c1-21(23-12-6-3-7-13-23)18-28-19-24-25(14-8-16-29-24)32-27(31)30(26-15-9-17-33-26)20-22-10-4-2-5-11-22/h2,4-5,8-11,14-17,21,23,28H,3,6-7,12-13,18-20H2,1H3. The number of anilines is 1. The Kier molecular flexibility index (Phi) is 8.50. The normalized spacial score (nSPS) is 15.2. The van der Waals surface area contributed by atoms with Gasteiger partial charge in [0.2, 0.25) is 0 Å². The van der Waals surface area contributed by atoms with Crippen LogP contribution in [-0.4, -0.2) is 17.6 Å². The Labute approximate surface area is 200 Å². The second-order valence-electron chi connectivity index (χ2n) is 8.85. The van der Waals surface area contributed by atoms with E-state index in [9.17, 15) is 4.79 Å². The molecule has 1 aliphatic rings. The second kappa shape index (κ2) is 12.0. The molecule has 0 aliphatic heterocycles. The summed E-state index contributed by atoms with van der Waals surface area (Å²) in [6.45, 7) is 4.32. The third-order valence-corrected chi connectivity index (χ3v) is 7.33. The highest BCUT2D eigenvalue weighted by molar-refractivity contribution is 7.14. The summed E-state index contributed by atoms with van der Waals surface area (Å²) in [6, 6.07) is 17.5. The molecule has 1 aromatic carbocycles. The Morgan fingerprint density at radius 2 is 1.94 bits per heavy atom. The molecule has 1 aliphatic carbocycles. The van der Waals surface area contributed by atoms with Crippen LogP contribution in [0.4, 0.5) is 9.80 Å². The van der Waals surface area contributed by atoms with Crippen LogP contribution in [0.2, 0.25) is 0 Å². The van der Waals surface area contributed by atoms with E-state index in [-0.39, 0.29) is 0 Å². The van der Waals surface area contributed by atoms with Crippen molar-refractivity contribution in [1.82, 2.24) is 10.3 Å². The maximum Gasteiger partial charge on any atom is 0.420 e. The second-order valence-corrected chi connectivity index (χ2v) is 9.77. The maximum atomic E-state index is 13.2. The van der Waals surface area contributed by atoms with Gasteiger partial charge in [-0.2, -0.15) is 0 Å². The Balaban J connectivity index is 1.39. The fraction of sp³-hybridized carbons (Fsp3) is 0.407. The van der Waals surface area contributed by atoms with Crippen LogP contribution >= 0.6 is 11.3 Å². The number of ether oxygens (including phenoxy) is 1. The first-order valence-electron chi connectivity index (χ1n) is 11.9. The van der Waals surface area contributed by atoms with Crippen molar-refractivity contribution < 1.29 is 9.53 Å². The van der Waals surface area contributed by atoms with E-state index in [1.165, 1.54) is 43.4 Å². The van der Waals surface area contributed by atoms with E-state index in [1.807, 2.05) is 60.0 Å². The number of nitrogens with zero attached hydrogens (tertiary/aromatic N) is 2. The van der Waals surface area contributed by atoms with Gasteiger partial charge in [0, 0.05) is 12.7 Å². The summed E-state index contributed by atoms with van der Waals surface area (Å²) in [5.74, 6) is 1.96. The quantitative estimate of drug-likeness (QED) is 0.386. The molecule has 0 bridgehead atoms. The molecule has 33 heavy (non-hydrogen) atoms. The number of aromatic nitrogens is 1. The summed E-state index contributed by atoms with van der Waals surface area (Å²) in [4.78, 5) is 19.4. The first kappa shape index (κ1) is 23.5. The molecule has 5 nitrogen and oxygen atoms in total. The molecule has 0 radical (unpaired) electrons. The van der Waals surface area contributed by atoms with Crippen LogP contribution in [0.15, 0.2) is 66.2 Å². The van der Waals surface area contributed by atoms with Crippen LogP contribution in [0.1, 0.15) is 50.3 Å². The lowest BCUT2D eigenvalue weighted by molar-refractivity contribution is 0.206. The third kappa shape index (κ3) is 6.65. The lowest BCUT2D eigenvalue weighted by Crippen LogP contribution is -2.33. The zero-order chi connectivity index (χ0) is 22.9. The number of benzene rings is 1. The lowest BCUT2D eigenvalue weighted by atomic mass is 9.81. The van der Waals surface area contributed by atoms with Gasteiger partial charge in [-0.05, 0) is 53.6 Å². The van der Waals surface area contributed by atoms with Crippen LogP contribution in [0.25, 0.3) is 0 Å². The fourth-order valence-electron chi connectivity index (χ4n) is 4.51. The van der Waals surface area contributed by atoms with Crippen LogP contribution in [0, 0.1) is 11.8 Å². The number of pyridine rings is 1. The molecule has 1 fully saturated rings.